The predicted molar refractivity (Wildman–Crippen MR) is 44.8 cm³/mol. The maximum atomic E-state index is 12.7. The zero-order valence-corrected chi connectivity index (χ0v) is 6.34. The molecule has 4 N–H and O–H groups in total. The lowest BCUT2D eigenvalue weighted by molar-refractivity contribution is 0.375. The molecule has 3 heteroatoms. The summed E-state index contributed by atoms with van der Waals surface area (Å²) in [6.45, 7) is 1.44. The van der Waals surface area contributed by atoms with E-state index in [4.69, 9.17) is 11.5 Å². The SMILES string of the molecule is CC(F)c1cc(N)ccc1N. The summed E-state index contributed by atoms with van der Waals surface area (Å²) in [6.07, 6.45) is -1.06. The van der Waals surface area contributed by atoms with Gasteiger partial charge in [0.05, 0.1) is 0 Å². The molecule has 1 unspecified atom stereocenters. The van der Waals surface area contributed by atoms with Crippen LogP contribution in [0.15, 0.2) is 18.2 Å². The first-order valence-corrected chi connectivity index (χ1v) is 3.40. The summed E-state index contributed by atoms with van der Waals surface area (Å²) >= 11 is 0. The highest BCUT2D eigenvalue weighted by Gasteiger charge is 2.06. The van der Waals surface area contributed by atoms with E-state index in [1.54, 1.807) is 18.2 Å². The van der Waals surface area contributed by atoms with E-state index >= 15 is 0 Å². The Hall–Kier alpha value is -1.25. The van der Waals surface area contributed by atoms with Gasteiger partial charge in [0.15, 0.2) is 0 Å². The molecule has 1 aromatic rings. The van der Waals surface area contributed by atoms with Crippen LogP contribution in [0.2, 0.25) is 0 Å². The summed E-state index contributed by atoms with van der Waals surface area (Å²) < 4.78 is 12.7. The van der Waals surface area contributed by atoms with Crippen molar-refractivity contribution in [3.8, 4) is 0 Å². The van der Waals surface area contributed by atoms with E-state index in [1.165, 1.54) is 6.92 Å². The molecule has 0 aliphatic rings. The number of nitrogens with two attached hydrogens (primary N) is 2. The Morgan fingerprint density at radius 1 is 1.36 bits per heavy atom. The molecule has 60 valence electrons. The third kappa shape index (κ3) is 1.61. The van der Waals surface area contributed by atoms with Gasteiger partial charge in [-0.25, -0.2) is 4.39 Å². The zero-order valence-electron chi connectivity index (χ0n) is 6.34. The number of nitrogen functional groups attached to an aromatic ring is 2. The predicted octanol–water partition coefficient (Wildman–Crippen LogP) is 1.88. The number of rotatable bonds is 1. The van der Waals surface area contributed by atoms with Crippen molar-refractivity contribution in [3.63, 3.8) is 0 Å². The number of hydrogen-bond donors (Lipinski definition) is 2. The monoisotopic (exact) mass is 154 g/mol. The molecule has 0 fully saturated rings. The third-order valence-corrected chi connectivity index (χ3v) is 1.54. The first kappa shape index (κ1) is 7.85. The van der Waals surface area contributed by atoms with Crippen molar-refractivity contribution in [2.75, 3.05) is 11.5 Å². The van der Waals surface area contributed by atoms with Gasteiger partial charge in [-0.05, 0) is 25.1 Å². The standard InChI is InChI=1S/C8H11FN2/c1-5(9)7-4-6(10)2-3-8(7)11/h2-5H,10-11H2,1H3. The quantitative estimate of drug-likeness (QED) is 0.607. The van der Waals surface area contributed by atoms with Crippen LogP contribution in [0, 0.1) is 0 Å². The molecule has 0 saturated carbocycles. The molecule has 0 bridgehead atoms. The summed E-state index contributed by atoms with van der Waals surface area (Å²) in [5, 5.41) is 0. The van der Waals surface area contributed by atoms with E-state index in [9.17, 15) is 4.39 Å². The molecule has 0 aliphatic heterocycles. The molecule has 11 heavy (non-hydrogen) atoms. The minimum Gasteiger partial charge on any atom is -0.399 e. The maximum Gasteiger partial charge on any atom is 0.124 e. The Labute approximate surface area is 65.0 Å². The van der Waals surface area contributed by atoms with Crippen molar-refractivity contribution in [1.82, 2.24) is 0 Å². The van der Waals surface area contributed by atoms with Gasteiger partial charge in [-0.15, -0.1) is 0 Å². The third-order valence-electron chi connectivity index (χ3n) is 1.54. The second-order valence-electron chi connectivity index (χ2n) is 2.50. The van der Waals surface area contributed by atoms with Crippen LogP contribution in [0.4, 0.5) is 15.8 Å². The van der Waals surface area contributed by atoms with Gasteiger partial charge in [-0.2, -0.15) is 0 Å². The van der Waals surface area contributed by atoms with Crippen LogP contribution in [-0.4, -0.2) is 0 Å². The fraction of sp³-hybridized carbons (Fsp3) is 0.250. The Morgan fingerprint density at radius 3 is 2.45 bits per heavy atom. The highest BCUT2D eigenvalue weighted by atomic mass is 19.1. The molecule has 1 aromatic carbocycles. The molecule has 0 aliphatic carbocycles. The number of alkyl halides is 1. The highest BCUT2D eigenvalue weighted by molar-refractivity contribution is 5.55. The van der Waals surface area contributed by atoms with Gasteiger partial charge in [-0.1, -0.05) is 0 Å². The van der Waals surface area contributed by atoms with Gasteiger partial charge < -0.3 is 11.5 Å². The van der Waals surface area contributed by atoms with E-state index in [0.717, 1.165) is 0 Å². The lowest BCUT2D eigenvalue weighted by atomic mass is 10.1. The van der Waals surface area contributed by atoms with E-state index in [2.05, 4.69) is 0 Å². The zero-order chi connectivity index (χ0) is 8.43. The van der Waals surface area contributed by atoms with Crippen LogP contribution < -0.4 is 11.5 Å². The largest absolute Gasteiger partial charge is 0.399 e. The fourth-order valence-corrected chi connectivity index (χ4v) is 0.938. The molecular formula is C8H11FN2. The van der Waals surface area contributed by atoms with Crippen LogP contribution in [0.1, 0.15) is 18.7 Å². The topological polar surface area (TPSA) is 52.0 Å². The van der Waals surface area contributed by atoms with Gasteiger partial charge in [0.2, 0.25) is 0 Å². The van der Waals surface area contributed by atoms with Gasteiger partial charge in [-0.3, -0.25) is 0 Å². The first-order valence-electron chi connectivity index (χ1n) is 3.40. The van der Waals surface area contributed by atoms with Crippen LogP contribution in [0.5, 0.6) is 0 Å². The van der Waals surface area contributed by atoms with E-state index in [0.29, 0.717) is 16.9 Å². The normalized spacial score (nSPS) is 12.9. The average Bonchev–Trinajstić information content (AvgIpc) is 1.94. The van der Waals surface area contributed by atoms with Gasteiger partial charge >= 0.3 is 0 Å². The summed E-state index contributed by atoms with van der Waals surface area (Å²) in [4.78, 5) is 0. The molecule has 2 nitrogen and oxygen atoms in total. The van der Waals surface area contributed by atoms with Gasteiger partial charge in [0, 0.05) is 16.9 Å². The fourth-order valence-electron chi connectivity index (χ4n) is 0.938. The van der Waals surface area contributed by atoms with Crippen LogP contribution in [-0.2, 0) is 0 Å². The molecule has 0 radical (unpaired) electrons. The Morgan fingerprint density at radius 2 is 2.00 bits per heavy atom. The lowest BCUT2D eigenvalue weighted by Gasteiger charge is -2.06. The van der Waals surface area contributed by atoms with Crippen LogP contribution in [0.25, 0.3) is 0 Å². The van der Waals surface area contributed by atoms with Crippen molar-refractivity contribution in [1.29, 1.82) is 0 Å². The lowest BCUT2D eigenvalue weighted by Crippen LogP contribution is -1.97. The Bertz CT molecular complexity index is 258. The maximum absolute atomic E-state index is 12.7. The summed E-state index contributed by atoms with van der Waals surface area (Å²) in [5.41, 5.74) is 12.4. The van der Waals surface area contributed by atoms with Gasteiger partial charge in [0.25, 0.3) is 0 Å². The number of benzene rings is 1. The Kier molecular flexibility index (Phi) is 1.98. The van der Waals surface area contributed by atoms with Crippen LogP contribution >= 0.6 is 0 Å². The second-order valence-corrected chi connectivity index (χ2v) is 2.50. The number of halogens is 1. The van der Waals surface area contributed by atoms with Crippen molar-refractivity contribution in [3.05, 3.63) is 23.8 Å². The molecule has 0 aromatic heterocycles. The number of anilines is 2. The average molecular weight is 154 g/mol. The molecule has 1 atom stereocenters. The minimum atomic E-state index is -1.06. The van der Waals surface area contributed by atoms with Gasteiger partial charge in [0.1, 0.15) is 6.17 Å². The first-order chi connectivity index (χ1) is 5.11. The molecular weight excluding hydrogens is 143 g/mol. The summed E-state index contributed by atoms with van der Waals surface area (Å²) in [7, 11) is 0. The smallest absolute Gasteiger partial charge is 0.124 e. The molecule has 0 spiro atoms. The minimum absolute atomic E-state index is 0.453. The molecule has 0 saturated heterocycles. The molecule has 0 heterocycles. The van der Waals surface area contributed by atoms with Crippen LogP contribution in [0.3, 0.4) is 0 Å². The second kappa shape index (κ2) is 2.78. The van der Waals surface area contributed by atoms with E-state index in [-0.39, 0.29) is 0 Å². The molecule has 0 amide bonds. The summed E-state index contributed by atoms with van der Waals surface area (Å²) in [6, 6.07) is 4.82. The number of hydrogen-bond acceptors (Lipinski definition) is 2. The highest BCUT2D eigenvalue weighted by Crippen LogP contribution is 2.24. The van der Waals surface area contributed by atoms with Crippen molar-refractivity contribution >= 4 is 11.4 Å². The Balaban J connectivity index is 3.13. The van der Waals surface area contributed by atoms with E-state index < -0.39 is 6.17 Å². The van der Waals surface area contributed by atoms with Crippen molar-refractivity contribution in [2.24, 2.45) is 0 Å². The summed E-state index contributed by atoms with van der Waals surface area (Å²) in [5.74, 6) is 0. The van der Waals surface area contributed by atoms with Crippen molar-refractivity contribution < 1.29 is 4.39 Å². The van der Waals surface area contributed by atoms with E-state index in [1.807, 2.05) is 0 Å². The molecule has 1 rings (SSSR count). The van der Waals surface area contributed by atoms with Crippen molar-refractivity contribution in [2.45, 2.75) is 13.1 Å².